The van der Waals surface area contributed by atoms with Gasteiger partial charge in [-0.15, -0.1) is 0 Å². The smallest absolute Gasteiger partial charge is 0.224 e. The van der Waals surface area contributed by atoms with Crippen LogP contribution >= 0.6 is 0 Å². The molecule has 7 nitrogen and oxygen atoms in total. The maximum atomic E-state index is 12.3. The Balaban J connectivity index is 1.85. The fourth-order valence-corrected chi connectivity index (χ4v) is 4.02. The number of pyridine rings is 1. The standard InChI is InChI=1S/C14H22N4O3S/c1-12(11-22(20,21)18-7-5-15-6-8-18)14(19)17-10-13-3-2-4-16-9-13/h2-4,9,12,15H,5-8,10-11H2,1H3,(H,17,19). The summed E-state index contributed by atoms with van der Waals surface area (Å²) in [5.74, 6) is -1.01. The van der Waals surface area contributed by atoms with E-state index in [2.05, 4.69) is 15.6 Å². The van der Waals surface area contributed by atoms with E-state index in [-0.39, 0.29) is 11.7 Å². The SMILES string of the molecule is CC(CS(=O)(=O)N1CCNCC1)C(=O)NCc1cccnc1. The molecule has 22 heavy (non-hydrogen) atoms. The minimum atomic E-state index is -3.39. The number of rotatable bonds is 6. The molecule has 0 spiro atoms. The molecule has 0 radical (unpaired) electrons. The van der Waals surface area contributed by atoms with Crippen molar-refractivity contribution in [3.63, 3.8) is 0 Å². The molecule has 1 fully saturated rings. The average molecular weight is 326 g/mol. The molecule has 0 aromatic carbocycles. The summed E-state index contributed by atoms with van der Waals surface area (Å²) in [6, 6.07) is 3.65. The number of nitrogens with one attached hydrogen (secondary N) is 2. The minimum absolute atomic E-state index is 0.161. The molecule has 0 aliphatic carbocycles. The van der Waals surface area contributed by atoms with Crippen LogP contribution in [0.5, 0.6) is 0 Å². The van der Waals surface area contributed by atoms with E-state index in [1.165, 1.54) is 4.31 Å². The summed E-state index contributed by atoms with van der Waals surface area (Å²) in [7, 11) is -3.39. The van der Waals surface area contributed by atoms with E-state index in [9.17, 15) is 13.2 Å². The summed E-state index contributed by atoms with van der Waals surface area (Å²) < 4.78 is 26.0. The van der Waals surface area contributed by atoms with Gasteiger partial charge in [0.05, 0.1) is 11.7 Å². The van der Waals surface area contributed by atoms with Gasteiger partial charge in [0, 0.05) is 45.1 Å². The van der Waals surface area contributed by atoms with E-state index in [0.717, 1.165) is 5.56 Å². The fraction of sp³-hybridized carbons (Fsp3) is 0.571. The Hall–Kier alpha value is -1.51. The molecule has 0 bridgehead atoms. The monoisotopic (exact) mass is 326 g/mol. The first-order valence-corrected chi connectivity index (χ1v) is 8.95. The Kier molecular flexibility index (Phi) is 5.87. The second-order valence-electron chi connectivity index (χ2n) is 5.41. The highest BCUT2D eigenvalue weighted by Crippen LogP contribution is 2.09. The normalized spacial score (nSPS) is 17.9. The van der Waals surface area contributed by atoms with Gasteiger partial charge >= 0.3 is 0 Å². The zero-order chi connectivity index (χ0) is 16.0. The summed E-state index contributed by atoms with van der Waals surface area (Å²) in [4.78, 5) is 16.0. The summed E-state index contributed by atoms with van der Waals surface area (Å²) in [6.07, 6.45) is 3.33. The fourth-order valence-electron chi connectivity index (χ4n) is 2.29. The molecule has 1 amide bonds. The van der Waals surface area contributed by atoms with Crippen molar-refractivity contribution in [3.05, 3.63) is 30.1 Å². The number of sulfonamides is 1. The Morgan fingerprint density at radius 2 is 2.18 bits per heavy atom. The third-order valence-electron chi connectivity index (χ3n) is 3.57. The Morgan fingerprint density at radius 1 is 1.45 bits per heavy atom. The van der Waals surface area contributed by atoms with Crippen LogP contribution in [-0.4, -0.2) is 55.5 Å². The third kappa shape index (κ3) is 4.75. The van der Waals surface area contributed by atoms with Gasteiger partial charge in [-0.3, -0.25) is 9.78 Å². The van der Waals surface area contributed by atoms with Crippen LogP contribution in [-0.2, 0) is 21.4 Å². The first kappa shape index (κ1) is 16.9. The highest BCUT2D eigenvalue weighted by atomic mass is 32.2. The first-order chi connectivity index (χ1) is 10.5. The second kappa shape index (κ2) is 7.66. The van der Waals surface area contributed by atoms with Gasteiger partial charge in [0.1, 0.15) is 0 Å². The number of carbonyl (C=O) groups is 1. The molecular formula is C14H22N4O3S. The molecule has 2 N–H and O–H groups in total. The van der Waals surface area contributed by atoms with E-state index < -0.39 is 15.9 Å². The van der Waals surface area contributed by atoms with E-state index >= 15 is 0 Å². The lowest BCUT2D eigenvalue weighted by Crippen LogP contribution is -2.48. The van der Waals surface area contributed by atoms with E-state index in [0.29, 0.717) is 32.7 Å². The molecule has 2 rings (SSSR count). The predicted octanol–water partition coefficient (Wildman–Crippen LogP) is -0.431. The van der Waals surface area contributed by atoms with Gasteiger partial charge in [-0.2, -0.15) is 4.31 Å². The van der Waals surface area contributed by atoms with Crippen LogP contribution in [0.2, 0.25) is 0 Å². The molecule has 1 aromatic rings. The lowest BCUT2D eigenvalue weighted by atomic mass is 10.2. The van der Waals surface area contributed by atoms with Gasteiger partial charge in [0.25, 0.3) is 0 Å². The van der Waals surface area contributed by atoms with Crippen LogP contribution in [0.15, 0.2) is 24.5 Å². The molecule has 1 atom stereocenters. The number of carbonyl (C=O) groups excluding carboxylic acids is 1. The molecule has 1 unspecified atom stereocenters. The van der Waals surface area contributed by atoms with Crippen molar-refractivity contribution in [2.75, 3.05) is 31.9 Å². The van der Waals surface area contributed by atoms with Crippen molar-refractivity contribution in [1.82, 2.24) is 19.9 Å². The van der Waals surface area contributed by atoms with Gasteiger partial charge in [0.2, 0.25) is 15.9 Å². The number of amides is 1. The second-order valence-corrected chi connectivity index (χ2v) is 7.42. The lowest BCUT2D eigenvalue weighted by molar-refractivity contribution is -0.124. The number of piperazine rings is 1. The zero-order valence-corrected chi connectivity index (χ0v) is 13.5. The van der Waals surface area contributed by atoms with Gasteiger partial charge in [-0.05, 0) is 11.6 Å². The highest BCUT2D eigenvalue weighted by molar-refractivity contribution is 7.89. The number of aromatic nitrogens is 1. The lowest BCUT2D eigenvalue weighted by Gasteiger charge is -2.27. The molecular weight excluding hydrogens is 304 g/mol. The molecule has 1 saturated heterocycles. The molecule has 1 aromatic heterocycles. The summed E-state index contributed by atoms with van der Waals surface area (Å²) in [5, 5.41) is 5.86. The topological polar surface area (TPSA) is 91.4 Å². The number of hydrogen-bond donors (Lipinski definition) is 2. The van der Waals surface area contributed by atoms with E-state index in [1.807, 2.05) is 6.07 Å². The maximum absolute atomic E-state index is 12.3. The molecule has 1 aliphatic heterocycles. The Bertz CT molecular complexity index is 585. The van der Waals surface area contributed by atoms with Crippen molar-refractivity contribution in [1.29, 1.82) is 0 Å². The summed E-state index contributed by atoms with van der Waals surface area (Å²) in [6.45, 7) is 4.23. The predicted molar refractivity (Wildman–Crippen MR) is 83.5 cm³/mol. The van der Waals surface area contributed by atoms with Crippen LogP contribution in [0.3, 0.4) is 0 Å². The van der Waals surface area contributed by atoms with Gasteiger partial charge in [-0.1, -0.05) is 13.0 Å². The van der Waals surface area contributed by atoms with Crippen molar-refractivity contribution < 1.29 is 13.2 Å². The van der Waals surface area contributed by atoms with Crippen molar-refractivity contribution in [3.8, 4) is 0 Å². The van der Waals surface area contributed by atoms with E-state index in [1.54, 1.807) is 25.4 Å². The summed E-state index contributed by atoms with van der Waals surface area (Å²) in [5.41, 5.74) is 0.882. The van der Waals surface area contributed by atoms with Crippen LogP contribution in [0.25, 0.3) is 0 Å². The quantitative estimate of drug-likeness (QED) is 0.740. The van der Waals surface area contributed by atoms with E-state index in [4.69, 9.17) is 0 Å². The van der Waals surface area contributed by atoms with Crippen LogP contribution in [0, 0.1) is 5.92 Å². The molecule has 122 valence electrons. The molecule has 2 heterocycles. The highest BCUT2D eigenvalue weighted by Gasteiger charge is 2.28. The van der Waals surface area contributed by atoms with Crippen LogP contribution in [0.4, 0.5) is 0 Å². The van der Waals surface area contributed by atoms with Gasteiger partial charge < -0.3 is 10.6 Å². The third-order valence-corrected chi connectivity index (χ3v) is 5.64. The van der Waals surface area contributed by atoms with Crippen molar-refractivity contribution in [2.24, 2.45) is 5.92 Å². The number of hydrogen-bond acceptors (Lipinski definition) is 5. The Morgan fingerprint density at radius 3 is 2.82 bits per heavy atom. The maximum Gasteiger partial charge on any atom is 0.224 e. The van der Waals surface area contributed by atoms with Crippen LogP contribution < -0.4 is 10.6 Å². The molecule has 0 saturated carbocycles. The van der Waals surface area contributed by atoms with Gasteiger partial charge in [-0.25, -0.2) is 8.42 Å². The average Bonchev–Trinajstić information content (AvgIpc) is 2.54. The largest absolute Gasteiger partial charge is 0.352 e. The molecule has 1 aliphatic rings. The first-order valence-electron chi connectivity index (χ1n) is 7.34. The zero-order valence-electron chi connectivity index (χ0n) is 12.7. The van der Waals surface area contributed by atoms with Gasteiger partial charge in [0.15, 0.2) is 0 Å². The summed E-state index contributed by atoms with van der Waals surface area (Å²) >= 11 is 0. The van der Waals surface area contributed by atoms with Crippen molar-refractivity contribution >= 4 is 15.9 Å². The Labute approximate surface area is 131 Å². The molecule has 8 heteroatoms. The van der Waals surface area contributed by atoms with Crippen molar-refractivity contribution in [2.45, 2.75) is 13.5 Å². The minimum Gasteiger partial charge on any atom is -0.352 e. The number of nitrogens with zero attached hydrogens (tertiary/aromatic N) is 2. The van der Waals surface area contributed by atoms with Crippen LogP contribution in [0.1, 0.15) is 12.5 Å².